The van der Waals surface area contributed by atoms with E-state index in [0.29, 0.717) is 6.54 Å². The molecule has 0 aliphatic heterocycles. The third-order valence-electron chi connectivity index (χ3n) is 3.29. The fourth-order valence-electron chi connectivity index (χ4n) is 2.39. The number of hydrogen-bond acceptors (Lipinski definition) is 2. The maximum absolute atomic E-state index is 5.87. The molecule has 0 aliphatic rings. The molecule has 0 saturated heterocycles. The van der Waals surface area contributed by atoms with E-state index in [0.717, 1.165) is 24.2 Å². The second kappa shape index (κ2) is 5.36. The molecule has 3 heteroatoms. The van der Waals surface area contributed by atoms with Gasteiger partial charge in [-0.15, -0.1) is 0 Å². The lowest BCUT2D eigenvalue weighted by Gasteiger charge is -2.07. The Bertz CT molecular complexity index is 541. The lowest BCUT2D eigenvalue weighted by atomic mass is 10.1. The van der Waals surface area contributed by atoms with Gasteiger partial charge < -0.3 is 5.73 Å². The molecule has 2 N–H and O–H groups in total. The highest BCUT2D eigenvalue weighted by molar-refractivity contribution is 5.40. The normalized spacial score (nSPS) is 10.9. The van der Waals surface area contributed by atoms with Crippen LogP contribution in [0.3, 0.4) is 0 Å². The average molecular weight is 243 g/mol. The van der Waals surface area contributed by atoms with Crippen LogP contribution in [-0.2, 0) is 19.4 Å². The van der Waals surface area contributed by atoms with Crippen molar-refractivity contribution in [3.05, 3.63) is 46.8 Å². The SMILES string of the molecule is CCc1nn(-c2cccc(C)c2)c(CC)c1CN. The molecule has 0 radical (unpaired) electrons. The van der Waals surface area contributed by atoms with Gasteiger partial charge in [-0.05, 0) is 37.5 Å². The first kappa shape index (κ1) is 12.8. The Morgan fingerprint density at radius 3 is 2.56 bits per heavy atom. The van der Waals surface area contributed by atoms with Crippen molar-refractivity contribution in [3.63, 3.8) is 0 Å². The largest absolute Gasteiger partial charge is 0.326 e. The van der Waals surface area contributed by atoms with Gasteiger partial charge in [-0.2, -0.15) is 5.10 Å². The van der Waals surface area contributed by atoms with E-state index in [1.54, 1.807) is 0 Å². The van der Waals surface area contributed by atoms with Crippen LogP contribution in [0.4, 0.5) is 0 Å². The summed E-state index contributed by atoms with van der Waals surface area (Å²) in [6.45, 7) is 6.95. The van der Waals surface area contributed by atoms with Crippen molar-refractivity contribution < 1.29 is 0 Å². The second-order valence-corrected chi connectivity index (χ2v) is 4.53. The minimum atomic E-state index is 0.568. The molecule has 0 bridgehead atoms. The number of aryl methyl sites for hydroxylation is 2. The summed E-state index contributed by atoms with van der Waals surface area (Å²) in [5.41, 5.74) is 11.8. The molecule has 1 aromatic heterocycles. The summed E-state index contributed by atoms with van der Waals surface area (Å²) in [6, 6.07) is 8.42. The van der Waals surface area contributed by atoms with E-state index in [2.05, 4.69) is 45.0 Å². The van der Waals surface area contributed by atoms with Crippen LogP contribution in [0, 0.1) is 6.92 Å². The zero-order valence-electron chi connectivity index (χ0n) is 11.4. The maximum Gasteiger partial charge on any atom is 0.0674 e. The van der Waals surface area contributed by atoms with Crippen LogP contribution >= 0.6 is 0 Å². The van der Waals surface area contributed by atoms with Crippen molar-refractivity contribution in [1.29, 1.82) is 0 Å². The molecule has 0 unspecified atom stereocenters. The van der Waals surface area contributed by atoms with Gasteiger partial charge in [-0.1, -0.05) is 26.0 Å². The highest BCUT2D eigenvalue weighted by atomic mass is 15.3. The van der Waals surface area contributed by atoms with Crippen molar-refractivity contribution in [1.82, 2.24) is 9.78 Å². The van der Waals surface area contributed by atoms with Crippen molar-refractivity contribution in [2.24, 2.45) is 5.73 Å². The van der Waals surface area contributed by atoms with E-state index in [9.17, 15) is 0 Å². The van der Waals surface area contributed by atoms with Gasteiger partial charge in [0, 0.05) is 17.8 Å². The van der Waals surface area contributed by atoms with Crippen LogP contribution in [0.1, 0.15) is 36.4 Å². The first-order chi connectivity index (χ1) is 8.71. The molecule has 18 heavy (non-hydrogen) atoms. The summed E-state index contributed by atoms with van der Waals surface area (Å²) < 4.78 is 2.05. The topological polar surface area (TPSA) is 43.8 Å². The van der Waals surface area contributed by atoms with Crippen LogP contribution in [-0.4, -0.2) is 9.78 Å². The van der Waals surface area contributed by atoms with Gasteiger partial charge in [0.15, 0.2) is 0 Å². The molecular weight excluding hydrogens is 222 g/mol. The molecule has 96 valence electrons. The van der Waals surface area contributed by atoms with E-state index in [-0.39, 0.29) is 0 Å². The molecular formula is C15H21N3. The lowest BCUT2D eigenvalue weighted by molar-refractivity contribution is 0.792. The van der Waals surface area contributed by atoms with Crippen LogP contribution in [0.25, 0.3) is 5.69 Å². The van der Waals surface area contributed by atoms with Gasteiger partial charge in [0.2, 0.25) is 0 Å². The van der Waals surface area contributed by atoms with Crippen molar-refractivity contribution in [3.8, 4) is 5.69 Å². The fourth-order valence-corrected chi connectivity index (χ4v) is 2.39. The first-order valence-electron chi connectivity index (χ1n) is 6.58. The highest BCUT2D eigenvalue weighted by Gasteiger charge is 2.15. The number of aromatic nitrogens is 2. The summed E-state index contributed by atoms with van der Waals surface area (Å²) in [5.74, 6) is 0. The molecule has 0 spiro atoms. The predicted octanol–water partition coefficient (Wildman–Crippen LogP) is 2.76. The van der Waals surface area contributed by atoms with E-state index in [4.69, 9.17) is 10.8 Å². The lowest BCUT2D eigenvalue weighted by Crippen LogP contribution is -2.05. The van der Waals surface area contributed by atoms with Crippen LogP contribution in [0.5, 0.6) is 0 Å². The zero-order valence-corrected chi connectivity index (χ0v) is 11.4. The Kier molecular flexibility index (Phi) is 3.82. The van der Waals surface area contributed by atoms with Crippen molar-refractivity contribution in [2.75, 3.05) is 0 Å². The molecule has 0 aliphatic carbocycles. The number of benzene rings is 1. The third kappa shape index (κ3) is 2.18. The van der Waals surface area contributed by atoms with E-state index < -0.39 is 0 Å². The second-order valence-electron chi connectivity index (χ2n) is 4.53. The van der Waals surface area contributed by atoms with Gasteiger partial charge in [0.25, 0.3) is 0 Å². The Balaban J connectivity index is 2.60. The van der Waals surface area contributed by atoms with Crippen molar-refractivity contribution >= 4 is 0 Å². The summed E-state index contributed by atoms with van der Waals surface area (Å²) in [6.07, 6.45) is 1.88. The van der Waals surface area contributed by atoms with Gasteiger partial charge in [0.1, 0.15) is 0 Å². The molecule has 0 fully saturated rings. The Morgan fingerprint density at radius 1 is 1.22 bits per heavy atom. The predicted molar refractivity (Wildman–Crippen MR) is 74.9 cm³/mol. The van der Waals surface area contributed by atoms with E-state index >= 15 is 0 Å². The average Bonchev–Trinajstić information content (AvgIpc) is 2.76. The zero-order chi connectivity index (χ0) is 13.1. The maximum atomic E-state index is 5.87. The van der Waals surface area contributed by atoms with Gasteiger partial charge >= 0.3 is 0 Å². The molecule has 1 heterocycles. The number of rotatable bonds is 4. The number of nitrogens with zero attached hydrogens (tertiary/aromatic N) is 2. The number of hydrogen-bond donors (Lipinski definition) is 1. The molecule has 1 aromatic carbocycles. The Hall–Kier alpha value is -1.61. The van der Waals surface area contributed by atoms with E-state index in [1.807, 2.05) is 4.68 Å². The molecule has 0 saturated carbocycles. The summed E-state index contributed by atoms with van der Waals surface area (Å²) in [7, 11) is 0. The molecule has 0 amide bonds. The summed E-state index contributed by atoms with van der Waals surface area (Å²) >= 11 is 0. The molecule has 2 aromatic rings. The van der Waals surface area contributed by atoms with Crippen LogP contribution < -0.4 is 5.73 Å². The standard InChI is InChI=1S/C15H21N3/c1-4-14-13(10-16)15(5-2)18(17-14)12-8-6-7-11(3)9-12/h6-9H,4-5,10,16H2,1-3H3. The van der Waals surface area contributed by atoms with Crippen molar-refractivity contribution in [2.45, 2.75) is 40.2 Å². The smallest absolute Gasteiger partial charge is 0.0674 e. The minimum absolute atomic E-state index is 0.568. The minimum Gasteiger partial charge on any atom is -0.326 e. The van der Waals surface area contributed by atoms with E-state index in [1.165, 1.54) is 16.8 Å². The monoisotopic (exact) mass is 243 g/mol. The number of nitrogens with two attached hydrogens (primary N) is 1. The Morgan fingerprint density at radius 2 is 2.00 bits per heavy atom. The van der Waals surface area contributed by atoms with Gasteiger partial charge in [0.05, 0.1) is 11.4 Å². The molecule has 3 nitrogen and oxygen atoms in total. The fraction of sp³-hybridized carbons (Fsp3) is 0.400. The van der Waals surface area contributed by atoms with Crippen LogP contribution in [0.2, 0.25) is 0 Å². The molecule has 0 atom stereocenters. The summed E-state index contributed by atoms with van der Waals surface area (Å²) in [5, 5.41) is 4.72. The van der Waals surface area contributed by atoms with Gasteiger partial charge in [-0.25, -0.2) is 4.68 Å². The quantitative estimate of drug-likeness (QED) is 0.897. The summed E-state index contributed by atoms with van der Waals surface area (Å²) in [4.78, 5) is 0. The van der Waals surface area contributed by atoms with Gasteiger partial charge in [-0.3, -0.25) is 0 Å². The van der Waals surface area contributed by atoms with Crippen LogP contribution in [0.15, 0.2) is 24.3 Å². The first-order valence-corrected chi connectivity index (χ1v) is 6.58. The third-order valence-corrected chi connectivity index (χ3v) is 3.29. The molecule has 2 rings (SSSR count). The Labute approximate surface area is 109 Å². The highest BCUT2D eigenvalue weighted by Crippen LogP contribution is 2.20.